The van der Waals surface area contributed by atoms with E-state index < -0.39 is 0 Å². The van der Waals surface area contributed by atoms with E-state index in [-0.39, 0.29) is 18.4 Å². The molecule has 0 saturated carbocycles. The Hall–Kier alpha value is -2.57. The number of aryl methyl sites for hydroxylation is 1. The van der Waals surface area contributed by atoms with Crippen molar-refractivity contribution in [3.63, 3.8) is 0 Å². The molecule has 2 rings (SSSR count). The third-order valence-corrected chi connectivity index (χ3v) is 5.41. The van der Waals surface area contributed by atoms with E-state index >= 15 is 0 Å². The lowest BCUT2D eigenvalue weighted by Gasteiger charge is -2.10. The molecule has 0 atom stereocenters. The number of hydrogen-bond donors (Lipinski definition) is 2. The summed E-state index contributed by atoms with van der Waals surface area (Å²) in [6.07, 6.45) is 0. The smallest absolute Gasteiger partial charge is 0.255 e. The Morgan fingerprint density at radius 2 is 2.15 bits per heavy atom. The van der Waals surface area contributed by atoms with E-state index in [1.54, 1.807) is 24.3 Å². The minimum atomic E-state index is -0.384. The molecular weight excluding hydrogens is 372 g/mol. The Morgan fingerprint density at radius 3 is 2.88 bits per heavy atom. The highest BCUT2D eigenvalue weighted by Crippen LogP contribution is 2.31. The number of thiazole rings is 1. The Kier molecular flexibility index (Phi) is 7.44. The zero-order valence-electron chi connectivity index (χ0n) is 14.4. The molecule has 0 saturated heterocycles. The lowest BCUT2D eigenvalue weighted by molar-refractivity contribution is -0.115. The number of hydrogen-bond acceptors (Lipinski definition) is 7. The molecule has 7 nitrogen and oxygen atoms in total. The van der Waals surface area contributed by atoms with Crippen LogP contribution in [-0.4, -0.2) is 35.7 Å². The van der Waals surface area contributed by atoms with Crippen LogP contribution in [0.3, 0.4) is 0 Å². The van der Waals surface area contributed by atoms with Gasteiger partial charge < -0.3 is 15.4 Å². The highest BCUT2D eigenvalue weighted by molar-refractivity contribution is 8.01. The monoisotopic (exact) mass is 390 g/mol. The first-order chi connectivity index (χ1) is 12.5. The van der Waals surface area contributed by atoms with Gasteiger partial charge in [0.25, 0.3) is 5.91 Å². The molecular formula is C17H18N4O3S2. The number of carbonyl (C=O) groups excluding carboxylic acids is 2. The Morgan fingerprint density at radius 1 is 1.38 bits per heavy atom. The van der Waals surface area contributed by atoms with Crippen molar-refractivity contribution in [2.45, 2.75) is 18.1 Å². The summed E-state index contributed by atoms with van der Waals surface area (Å²) in [5.74, 6) is 0.0383. The molecule has 9 heteroatoms. The molecule has 0 unspecified atom stereocenters. The zero-order chi connectivity index (χ0) is 18.9. The number of benzene rings is 1. The van der Waals surface area contributed by atoms with Crippen molar-refractivity contribution in [2.75, 3.05) is 24.2 Å². The fourth-order valence-electron chi connectivity index (χ4n) is 2.02. The van der Waals surface area contributed by atoms with E-state index in [0.29, 0.717) is 28.8 Å². The van der Waals surface area contributed by atoms with Crippen molar-refractivity contribution in [3.05, 3.63) is 35.5 Å². The molecule has 136 valence electrons. The maximum Gasteiger partial charge on any atom is 0.255 e. The molecule has 26 heavy (non-hydrogen) atoms. The number of rotatable bonds is 8. The number of amides is 2. The summed E-state index contributed by atoms with van der Waals surface area (Å²) in [4.78, 5) is 28.6. The van der Waals surface area contributed by atoms with Gasteiger partial charge in [0.1, 0.15) is 5.75 Å². The first-order valence-electron chi connectivity index (χ1n) is 7.82. The average Bonchev–Trinajstić information content (AvgIpc) is 2.97. The topological polar surface area (TPSA) is 104 Å². The summed E-state index contributed by atoms with van der Waals surface area (Å²) in [6.45, 7) is 3.92. The van der Waals surface area contributed by atoms with Gasteiger partial charge in [-0.05, 0) is 26.0 Å². The second kappa shape index (κ2) is 9.79. The third kappa shape index (κ3) is 5.47. The number of para-hydroxylation sites is 1. The maximum absolute atomic E-state index is 12.3. The van der Waals surface area contributed by atoms with E-state index in [0.717, 1.165) is 9.90 Å². The van der Waals surface area contributed by atoms with Crippen LogP contribution in [0.4, 0.5) is 5.13 Å². The number of anilines is 1. The van der Waals surface area contributed by atoms with E-state index in [2.05, 4.69) is 21.7 Å². The molecule has 0 bridgehead atoms. The van der Waals surface area contributed by atoms with Crippen molar-refractivity contribution in [3.8, 4) is 11.8 Å². The number of nitrogens with zero attached hydrogens (tertiary/aromatic N) is 2. The van der Waals surface area contributed by atoms with Gasteiger partial charge in [-0.2, -0.15) is 5.26 Å². The minimum Gasteiger partial charge on any atom is -0.493 e. The predicted octanol–water partition coefficient (Wildman–Crippen LogP) is 2.83. The molecule has 0 aliphatic carbocycles. The Balaban J connectivity index is 1.91. The second-order valence-electron chi connectivity index (χ2n) is 5.00. The number of nitriles is 1. The van der Waals surface area contributed by atoms with Gasteiger partial charge in [0.15, 0.2) is 5.13 Å². The summed E-state index contributed by atoms with van der Waals surface area (Å²) < 4.78 is 6.30. The van der Waals surface area contributed by atoms with Crippen LogP contribution in [0.5, 0.6) is 5.75 Å². The fraction of sp³-hybridized carbons (Fsp3) is 0.294. The number of thioether (sulfide) groups is 1. The number of aromatic nitrogens is 1. The van der Waals surface area contributed by atoms with Gasteiger partial charge in [-0.3, -0.25) is 9.59 Å². The van der Waals surface area contributed by atoms with Crippen LogP contribution in [0.2, 0.25) is 0 Å². The highest BCUT2D eigenvalue weighted by Gasteiger charge is 2.14. The molecule has 0 spiro atoms. The van der Waals surface area contributed by atoms with Crippen molar-refractivity contribution in [2.24, 2.45) is 0 Å². The van der Waals surface area contributed by atoms with Gasteiger partial charge in [0.2, 0.25) is 5.91 Å². The van der Waals surface area contributed by atoms with Crippen LogP contribution >= 0.6 is 23.1 Å². The number of nitrogens with one attached hydrogen (secondary N) is 2. The lowest BCUT2D eigenvalue weighted by Crippen LogP contribution is -2.33. The first kappa shape index (κ1) is 19.8. The molecule has 2 amide bonds. The SMILES string of the molecule is CCOc1ccccc1C(=O)NCC(=O)Nc1nc(C)c(SCC#N)s1. The summed E-state index contributed by atoms with van der Waals surface area (Å²) >= 11 is 2.68. The van der Waals surface area contributed by atoms with Crippen molar-refractivity contribution >= 4 is 40.0 Å². The lowest BCUT2D eigenvalue weighted by atomic mass is 10.2. The number of carbonyl (C=O) groups is 2. The van der Waals surface area contributed by atoms with Crippen molar-refractivity contribution in [1.82, 2.24) is 10.3 Å². The van der Waals surface area contributed by atoms with Gasteiger partial charge in [0.05, 0.1) is 40.4 Å². The van der Waals surface area contributed by atoms with Gasteiger partial charge >= 0.3 is 0 Å². The minimum absolute atomic E-state index is 0.182. The molecule has 0 aliphatic heterocycles. The first-order valence-corrected chi connectivity index (χ1v) is 9.62. The quantitative estimate of drug-likeness (QED) is 0.672. The summed E-state index contributed by atoms with van der Waals surface area (Å²) in [6, 6.07) is 8.91. The van der Waals surface area contributed by atoms with Crippen molar-refractivity contribution < 1.29 is 14.3 Å². The zero-order valence-corrected chi connectivity index (χ0v) is 16.0. The van der Waals surface area contributed by atoms with E-state index in [1.807, 2.05) is 13.8 Å². The summed E-state index contributed by atoms with van der Waals surface area (Å²) in [7, 11) is 0. The third-order valence-electron chi connectivity index (χ3n) is 3.11. The maximum atomic E-state index is 12.3. The molecule has 1 aromatic carbocycles. The van der Waals surface area contributed by atoms with Gasteiger partial charge in [0, 0.05) is 0 Å². The Labute approximate surface area is 159 Å². The van der Waals surface area contributed by atoms with Gasteiger partial charge in [-0.25, -0.2) is 4.98 Å². The average molecular weight is 390 g/mol. The normalized spacial score (nSPS) is 10.0. The van der Waals surface area contributed by atoms with Crippen LogP contribution in [0, 0.1) is 18.3 Å². The molecule has 2 aromatic rings. The molecule has 1 heterocycles. The van der Waals surface area contributed by atoms with Crippen LogP contribution < -0.4 is 15.4 Å². The molecule has 0 fully saturated rings. The van der Waals surface area contributed by atoms with E-state index in [9.17, 15) is 9.59 Å². The van der Waals surface area contributed by atoms with Crippen molar-refractivity contribution in [1.29, 1.82) is 5.26 Å². The second-order valence-corrected chi connectivity index (χ2v) is 7.24. The fourth-order valence-corrected chi connectivity index (χ4v) is 3.84. The Bertz CT molecular complexity index is 830. The van der Waals surface area contributed by atoms with E-state index in [4.69, 9.17) is 10.00 Å². The summed E-state index contributed by atoms with van der Waals surface area (Å²) in [5.41, 5.74) is 1.14. The van der Waals surface area contributed by atoms with Crippen LogP contribution in [0.1, 0.15) is 23.0 Å². The highest BCUT2D eigenvalue weighted by atomic mass is 32.2. The van der Waals surface area contributed by atoms with E-state index in [1.165, 1.54) is 23.1 Å². The van der Waals surface area contributed by atoms with Crippen LogP contribution in [0.25, 0.3) is 0 Å². The summed E-state index contributed by atoms with van der Waals surface area (Å²) in [5, 5.41) is 14.3. The standard InChI is InChI=1S/C17H18N4O3S2/c1-3-24-13-7-5-4-6-12(13)15(23)19-10-14(22)21-17-20-11(2)16(26-17)25-9-8-18/h4-7H,3,9-10H2,1-2H3,(H,19,23)(H,20,21,22). The molecule has 1 aromatic heterocycles. The largest absolute Gasteiger partial charge is 0.493 e. The molecule has 2 N–H and O–H groups in total. The van der Waals surface area contributed by atoms with Crippen LogP contribution in [-0.2, 0) is 4.79 Å². The number of ether oxygens (including phenoxy) is 1. The van der Waals surface area contributed by atoms with Crippen LogP contribution in [0.15, 0.2) is 28.5 Å². The van der Waals surface area contributed by atoms with Gasteiger partial charge in [-0.1, -0.05) is 35.2 Å². The molecule has 0 radical (unpaired) electrons. The molecule has 0 aliphatic rings. The van der Waals surface area contributed by atoms with Gasteiger partial charge in [-0.15, -0.1) is 0 Å². The predicted molar refractivity (Wildman–Crippen MR) is 102 cm³/mol.